The number of thiophene rings is 1. The van der Waals surface area contributed by atoms with Crippen molar-refractivity contribution in [3.63, 3.8) is 0 Å². The van der Waals surface area contributed by atoms with Gasteiger partial charge in [0, 0.05) is 25.2 Å². The highest BCUT2D eigenvalue weighted by Crippen LogP contribution is 2.41. The highest BCUT2D eigenvalue weighted by molar-refractivity contribution is 7.25. The molecule has 0 fully saturated rings. The third kappa shape index (κ3) is 2.58. The van der Waals surface area contributed by atoms with Crippen molar-refractivity contribution in [1.29, 1.82) is 0 Å². The van der Waals surface area contributed by atoms with Gasteiger partial charge in [0.1, 0.15) is 0 Å². The van der Waals surface area contributed by atoms with E-state index in [1.807, 2.05) is 29.5 Å². The second kappa shape index (κ2) is 6.31. The van der Waals surface area contributed by atoms with E-state index in [-0.39, 0.29) is 0 Å². The lowest BCUT2D eigenvalue weighted by Gasteiger charge is -2.09. The summed E-state index contributed by atoms with van der Waals surface area (Å²) in [6.07, 6.45) is 3.63. The van der Waals surface area contributed by atoms with Crippen molar-refractivity contribution >= 4 is 49.2 Å². The first-order valence-electron chi connectivity index (χ1n) is 7.67. The summed E-state index contributed by atoms with van der Waals surface area (Å²) in [5.74, 6) is 0. The van der Waals surface area contributed by atoms with Crippen LogP contribution in [0.2, 0.25) is 5.02 Å². The van der Waals surface area contributed by atoms with Crippen LogP contribution in [0.3, 0.4) is 0 Å². The molecule has 0 unspecified atom stereocenters. The molecular weight excluding hydrogens is 336 g/mol. The monoisotopic (exact) mass is 350 g/mol. The first kappa shape index (κ1) is 15.3. The third-order valence-electron chi connectivity index (χ3n) is 4.09. The SMILES string of the molecule is CO/C=C/c1cc(Cl)ccc1-c1cccc2sc3ccccc3c12. The minimum Gasteiger partial charge on any atom is -0.504 e. The summed E-state index contributed by atoms with van der Waals surface area (Å²) in [4.78, 5) is 0. The van der Waals surface area contributed by atoms with E-state index < -0.39 is 0 Å². The average Bonchev–Trinajstić information content (AvgIpc) is 2.99. The van der Waals surface area contributed by atoms with Crippen molar-refractivity contribution in [2.24, 2.45) is 0 Å². The first-order chi connectivity index (χ1) is 11.8. The maximum Gasteiger partial charge on any atom is 0.0830 e. The molecule has 0 aliphatic heterocycles. The molecule has 1 nitrogen and oxygen atoms in total. The molecule has 4 aromatic rings. The van der Waals surface area contributed by atoms with Gasteiger partial charge in [-0.3, -0.25) is 0 Å². The van der Waals surface area contributed by atoms with Crippen LogP contribution in [0.25, 0.3) is 37.4 Å². The van der Waals surface area contributed by atoms with Gasteiger partial charge < -0.3 is 4.74 Å². The van der Waals surface area contributed by atoms with Gasteiger partial charge in [-0.2, -0.15) is 0 Å². The number of hydrogen-bond donors (Lipinski definition) is 0. The lowest BCUT2D eigenvalue weighted by Crippen LogP contribution is -1.85. The maximum atomic E-state index is 6.20. The van der Waals surface area contributed by atoms with Gasteiger partial charge in [0.15, 0.2) is 0 Å². The largest absolute Gasteiger partial charge is 0.504 e. The van der Waals surface area contributed by atoms with Crippen LogP contribution in [-0.4, -0.2) is 7.11 Å². The van der Waals surface area contributed by atoms with Gasteiger partial charge in [0.25, 0.3) is 0 Å². The number of hydrogen-bond acceptors (Lipinski definition) is 2. The summed E-state index contributed by atoms with van der Waals surface area (Å²) in [6.45, 7) is 0. The summed E-state index contributed by atoms with van der Waals surface area (Å²) in [5, 5.41) is 3.31. The predicted molar refractivity (Wildman–Crippen MR) is 106 cm³/mol. The van der Waals surface area contributed by atoms with Gasteiger partial charge in [0.05, 0.1) is 13.4 Å². The van der Waals surface area contributed by atoms with E-state index in [2.05, 4.69) is 48.5 Å². The van der Waals surface area contributed by atoms with E-state index in [1.54, 1.807) is 13.4 Å². The number of rotatable bonds is 3. The van der Waals surface area contributed by atoms with E-state index >= 15 is 0 Å². The molecule has 0 N–H and O–H groups in total. The first-order valence-corrected chi connectivity index (χ1v) is 8.87. The number of halogens is 1. The average molecular weight is 351 g/mol. The van der Waals surface area contributed by atoms with Crippen molar-refractivity contribution in [3.8, 4) is 11.1 Å². The summed E-state index contributed by atoms with van der Waals surface area (Å²) in [5.41, 5.74) is 3.42. The van der Waals surface area contributed by atoms with Gasteiger partial charge >= 0.3 is 0 Å². The Hall–Kier alpha value is -2.29. The zero-order valence-electron chi connectivity index (χ0n) is 13.1. The minimum absolute atomic E-state index is 0.719. The van der Waals surface area contributed by atoms with Gasteiger partial charge in [-0.15, -0.1) is 11.3 Å². The van der Waals surface area contributed by atoms with E-state index in [0.29, 0.717) is 0 Å². The Morgan fingerprint density at radius 3 is 2.62 bits per heavy atom. The topological polar surface area (TPSA) is 9.23 Å². The molecule has 0 saturated carbocycles. The van der Waals surface area contributed by atoms with Crippen molar-refractivity contribution < 1.29 is 4.74 Å². The molecule has 0 aliphatic carbocycles. The van der Waals surface area contributed by atoms with E-state index in [9.17, 15) is 0 Å². The fourth-order valence-electron chi connectivity index (χ4n) is 3.06. The van der Waals surface area contributed by atoms with Crippen LogP contribution in [0.4, 0.5) is 0 Å². The lowest BCUT2D eigenvalue weighted by atomic mass is 9.95. The Balaban J connectivity index is 2.05. The Morgan fingerprint density at radius 2 is 1.75 bits per heavy atom. The van der Waals surface area contributed by atoms with Crippen molar-refractivity contribution in [2.45, 2.75) is 0 Å². The van der Waals surface area contributed by atoms with Crippen LogP contribution < -0.4 is 0 Å². The number of ether oxygens (including phenoxy) is 1. The molecule has 1 aromatic heterocycles. The highest BCUT2D eigenvalue weighted by atomic mass is 35.5. The van der Waals surface area contributed by atoms with Crippen molar-refractivity contribution in [3.05, 3.63) is 77.5 Å². The van der Waals surface area contributed by atoms with Gasteiger partial charge in [-0.05, 0) is 47.0 Å². The van der Waals surface area contributed by atoms with Crippen LogP contribution in [0.15, 0.2) is 66.9 Å². The van der Waals surface area contributed by atoms with E-state index in [1.165, 1.54) is 25.7 Å². The lowest BCUT2D eigenvalue weighted by molar-refractivity contribution is 0.341. The molecule has 3 aromatic carbocycles. The molecule has 0 bridgehead atoms. The standard InChI is InChI=1S/C21H15ClOS/c1-23-12-11-14-13-15(22)9-10-16(14)17-6-4-8-20-21(17)18-5-2-3-7-19(18)24-20/h2-13H,1H3/b12-11+. The summed E-state index contributed by atoms with van der Waals surface area (Å²) < 4.78 is 7.70. The molecule has 118 valence electrons. The molecule has 24 heavy (non-hydrogen) atoms. The number of benzene rings is 3. The van der Waals surface area contributed by atoms with Crippen molar-refractivity contribution in [1.82, 2.24) is 0 Å². The molecule has 0 amide bonds. The van der Waals surface area contributed by atoms with Crippen LogP contribution >= 0.6 is 22.9 Å². The van der Waals surface area contributed by atoms with Gasteiger partial charge in [0.2, 0.25) is 0 Å². The van der Waals surface area contributed by atoms with Crippen LogP contribution in [0.5, 0.6) is 0 Å². The number of fused-ring (bicyclic) bond motifs is 3. The summed E-state index contributed by atoms with van der Waals surface area (Å²) in [7, 11) is 1.65. The Kier molecular flexibility index (Phi) is 4.01. The molecule has 0 radical (unpaired) electrons. The molecule has 4 rings (SSSR count). The van der Waals surface area contributed by atoms with E-state index in [4.69, 9.17) is 16.3 Å². The molecule has 0 spiro atoms. The van der Waals surface area contributed by atoms with Crippen LogP contribution in [0, 0.1) is 0 Å². The number of methoxy groups -OCH3 is 1. The fraction of sp³-hybridized carbons (Fsp3) is 0.0476. The smallest absolute Gasteiger partial charge is 0.0830 e. The molecule has 0 aliphatic rings. The van der Waals surface area contributed by atoms with E-state index in [0.717, 1.165) is 16.1 Å². The zero-order chi connectivity index (χ0) is 16.5. The fourth-order valence-corrected chi connectivity index (χ4v) is 4.37. The summed E-state index contributed by atoms with van der Waals surface area (Å²) in [6, 6.07) is 21.0. The summed E-state index contributed by atoms with van der Waals surface area (Å²) >= 11 is 8.03. The minimum atomic E-state index is 0.719. The van der Waals surface area contributed by atoms with Crippen molar-refractivity contribution in [2.75, 3.05) is 7.11 Å². The van der Waals surface area contributed by atoms with Crippen LogP contribution in [0.1, 0.15) is 5.56 Å². The van der Waals surface area contributed by atoms with Gasteiger partial charge in [-0.1, -0.05) is 48.0 Å². The zero-order valence-corrected chi connectivity index (χ0v) is 14.7. The molecule has 0 atom stereocenters. The molecule has 1 heterocycles. The Bertz CT molecular complexity index is 1060. The van der Waals surface area contributed by atoms with Crippen LogP contribution in [-0.2, 0) is 4.74 Å². The third-order valence-corrected chi connectivity index (χ3v) is 5.46. The quantitative estimate of drug-likeness (QED) is 0.362. The highest BCUT2D eigenvalue weighted by Gasteiger charge is 2.12. The Labute approximate surface area is 149 Å². The second-order valence-electron chi connectivity index (χ2n) is 5.55. The molecule has 3 heteroatoms. The molecule has 0 saturated heterocycles. The van der Waals surface area contributed by atoms with Gasteiger partial charge in [-0.25, -0.2) is 0 Å². The normalized spacial score (nSPS) is 11.6. The predicted octanol–water partition coefficient (Wildman–Crippen LogP) is 6.99. The maximum absolute atomic E-state index is 6.20. The molecular formula is C21H15ClOS. The Morgan fingerprint density at radius 1 is 0.917 bits per heavy atom. The second-order valence-corrected chi connectivity index (χ2v) is 7.07.